The fraction of sp³-hybridized carbons (Fsp3) is 0.769. The Morgan fingerprint density at radius 1 is 1.06 bits per heavy atom. The Bertz CT molecular complexity index is 433. The number of hydrogen-bond donors (Lipinski definition) is 1. The highest BCUT2D eigenvalue weighted by molar-refractivity contribution is 5.28. The van der Waals surface area contributed by atoms with Crippen LogP contribution >= 0.6 is 0 Å². The quantitative estimate of drug-likeness (QED) is 0.859. The summed E-state index contributed by atoms with van der Waals surface area (Å²) in [6.07, 6.45) is 5.20. The van der Waals surface area contributed by atoms with Gasteiger partial charge in [0.1, 0.15) is 0 Å². The molecule has 0 saturated carbocycles. The second kappa shape index (κ2) is 4.80. The maximum atomic E-state index is 4.47. The Morgan fingerprint density at radius 3 is 2.78 bits per heavy atom. The fourth-order valence-corrected chi connectivity index (χ4v) is 3.10. The van der Waals surface area contributed by atoms with Crippen molar-refractivity contribution in [2.45, 2.75) is 51.6 Å². The van der Waals surface area contributed by atoms with E-state index < -0.39 is 0 Å². The predicted octanol–water partition coefficient (Wildman–Crippen LogP) is 1.53. The lowest BCUT2D eigenvalue weighted by Crippen LogP contribution is -2.42. The lowest BCUT2D eigenvalue weighted by molar-refractivity contribution is 0.192. The molecule has 2 saturated heterocycles. The van der Waals surface area contributed by atoms with E-state index in [1.165, 1.54) is 38.8 Å². The van der Waals surface area contributed by atoms with Crippen LogP contribution < -0.4 is 5.32 Å². The standard InChI is InChI=1S/C13H21N5/c1-9-10(2)16-17-13(14-9)15-11-6-8-18-7-4-3-5-12(11)18/h11-12H,3-8H2,1-2H3,(H,14,15,17). The molecule has 1 aromatic rings. The van der Waals surface area contributed by atoms with Gasteiger partial charge in [0.2, 0.25) is 5.95 Å². The Morgan fingerprint density at radius 2 is 1.94 bits per heavy atom. The van der Waals surface area contributed by atoms with E-state index in [-0.39, 0.29) is 0 Å². The monoisotopic (exact) mass is 247 g/mol. The van der Waals surface area contributed by atoms with Crippen molar-refractivity contribution >= 4 is 5.95 Å². The molecule has 1 aromatic heterocycles. The molecule has 5 nitrogen and oxygen atoms in total. The van der Waals surface area contributed by atoms with Crippen molar-refractivity contribution in [2.75, 3.05) is 18.4 Å². The summed E-state index contributed by atoms with van der Waals surface area (Å²) in [6, 6.07) is 1.16. The number of anilines is 1. The minimum absolute atomic E-state index is 0.495. The topological polar surface area (TPSA) is 53.9 Å². The molecule has 2 aliphatic rings. The van der Waals surface area contributed by atoms with Gasteiger partial charge in [-0.3, -0.25) is 4.90 Å². The number of rotatable bonds is 2. The molecule has 5 heteroatoms. The van der Waals surface area contributed by atoms with Crippen LogP contribution in [0.2, 0.25) is 0 Å². The molecule has 3 rings (SSSR count). The third kappa shape index (κ3) is 2.19. The van der Waals surface area contributed by atoms with Gasteiger partial charge >= 0.3 is 0 Å². The van der Waals surface area contributed by atoms with E-state index in [1.54, 1.807) is 0 Å². The van der Waals surface area contributed by atoms with E-state index in [9.17, 15) is 0 Å². The van der Waals surface area contributed by atoms with E-state index in [0.717, 1.165) is 11.4 Å². The lowest BCUT2D eigenvalue weighted by atomic mass is 9.99. The smallest absolute Gasteiger partial charge is 0.243 e. The molecule has 0 bridgehead atoms. The maximum Gasteiger partial charge on any atom is 0.243 e. The molecule has 2 aliphatic heterocycles. The van der Waals surface area contributed by atoms with Crippen molar-refractivity contribution in [1.82, 2.24) is 20.1 Å². The fourth-order valence-electron chi connectivity index (χ4n) is 3.10. The van der Waals surface area contributed by atoms with Crippen LogP contribution in [0.4, 0.5) is 5.95 Å². The molecule has 1 N–H and O–H groups in total. The Balaban J connectivity index is 1.70. The van der Waals surface area contributed by atoms with E-state index in [0.29, 0.717) is 18.0 Å². The predicted molar refractivity (Wildman–Crippen MR) is 70.5 cm³/mol. The first kappa shape index (κ1) is 11.8. The first-order chi connectivity index (χ1) is 8.74. The van der Waals surface area contributed by atoms with Crippen LogP contribution in [0.3, 0.4) is 0 Å². The van der Waals surface area contributed by atoms with Crippen LogP contribution in [0.15, 0.2) is 0 Å². The second-order valence-corrected chi connectivity index (χ2v) is 5.44. The SMILES string of the molecule is Cc1nnc(NC2CCN3CCCCC23)nc1C. The summed E-state index contributed by atoms with van der Waals surface area (Å²) in [5, 5.41) is 11.8. The number of aromatic nitrogens is 3. The van der Waals surface area contributed by atoms with Crippen molar-refractivity contribution in [3.8, 4) is 0 Å². The largest absolute Gasteiger partial charge is 0.349 e. The normalized spacial score (nSPS) is 28.1. The van der Waals surface area contributed by atoms with E-state index in [2.05, 4.69) is 25.4 Å². The number of aryl methyl sites for hydroxylation is 2. The summed E-state index contributed by atoms with van der Waals surface area (Å²) in [4.78, 5) is 7.08. The van der Waals surface area contributed by atoms with Gasteiger partial charge in [-0.1, -0.05) is 6.42 Å². The molecule has 2 unspecified atom stereocenters. The van der Waals surface area contributed by atoms with Crippen molar-refractivity contribution in [1.29, 1.82) is 0 Å². The van der Waals surface area contributed by atoms with Crippen molar-refractivity contribution in [3.63, 3.8) is 0 Å². The Kier molecular flexibility index (Phi) is 3.16. The van der Waals surface area contributed by atoms with Crippen molar-refractivity contribution < 1.29 is 0 Å². The molecular formula is C13H21N5. The van der Waals surface area contributed by atoms with Crippen LogP contribution in [0, 0.1) is 13.8 Å². The van der Waals surface area contributed by atoms with Crippen LogP contribution in [0.25, 0.3) is 0 Å². The highest BCUT2D eigenvalue weighted by atomic mass is 15.3. The van der Waals surface area contributed by atoms with Gasteiger partial charge in [0.25, 0.3) is 0 Å². The summed E-state index contributed by atoms with van der Waals surface area (Å²) < 4.78 is 0. The lowest BCUT2D eigenvalue weighted by Gasteiger charge is -2.32. The zero-order valence-corrected chi connectivity index (χ0v) is 11.2. The average Bonchev–Trinajstić information content (AvgIpc) is 2.78. The highest BCUT2D eigenvalue weighted by Gasteiger charge is 2.35. The number of hydrogen-bond acceptors (Lipinski definition) is 5. The Hall–Kier alpha value is -1.23. The second-order valence-electron chi connectivity index (χ2n) is 5.44. The minimum Gasteiger partial charge on any atom is -0.349 e. The molecule has 2 fully saturated rings. The first-order valence-electron chi connectivity index (χ1n) is 6.92. The molecule has 0 aromatic carbocycles. The molecule has 3 heterocycles. The van der Waals surface area contributed by atoms with E-state index in [1.807, 2.05) is 13.8 Å². The minimum atomic E-state index is 0.495. The van der Waals surface area contributed by atoms with Crippen LogP contribution in [-0.4, -0.2) is 45.3 Å². The van der Waals surface area contributed by atoms with Gasteiger partial charge in [-0.2, -0.15) is 5.10 Å². The third-order valence-electron chi connectivity index (χ3n) is 4.26. The molecule has 0 spiro atoms. The number of piperidine rings is 1. The van der Waals surface area contributed by atoms with Gasteiger partial charge in [0.15, 0.2) is 0 Å². The number of nitrogens with zero attached hydrogens (tertiary/aromatic N) is 4. The molecule has 0 amide bonds. The summed E-state index contributed by atoms with van der Waals surface area (Å²) >= 11 is 0. The zero-order valence-electron chi connectivity index (χ0n) is 11.2. The molecule has 18 heavy (non-hydrogen) atoms. The molecule has 0 aliphatic carbocycles. The third-order valence-corrected chi connectivity index (χ3v) is 4.26. The summed E-state index contributed by atoms with van der Waals surface area (Å²) in [5.41, 5.74) is 1.87. The van der Waals surface area contributed by atoms with Crippen molar-refractivity contribution in [3.05, 3.63) is 11.4 Å². The molecule has 0 radical (unpaired) electrons. The zero-order chi connectivity index (χ0) is 12.5. The summed E-state index contributed by atoms with van der Waals surface area (Å²) in [7, 11) is 0. The molecule has 98 valence electrons. The van der Waals surface area contributed by atoms with Gasteiger partial charge in [0, 0.05) is 18.6 Å². The van der Waals surface area contributed by atoms with E-state index in [4.69, 9.17) is 0 Å². The maximum absolute atomic E-state index is 4.47. The van der Waals surface area contributed by atoms with Gasteiger partial charge in [-0.25, -0.2) is 4.98 Å². The molecule has 2 atom stereocenters. The Labute approximate surface area is 108 Å². The first-order valence-corrected chi connectivity index (χ1v) is 6.92. The van der Waals surface area contributed by atoms with Crippen LogP contribution in [0.1, 0.15) is 37.1 Å². The van der Waals surface area contributed by atoms with Gasteiger partial charge in [0.05, 0.1) is 11.4 Å². The number of nitrogens with one attached hydrogen (secondary N) is 1. The van der Waals surface area contributed by atoms with Gasteiger partial charge in [-0.05, 0) is 39.7 Å². The summed E-state index contributed by atoms with van der Waals surface area (Å²) in [5.74, 6) is 0.690. The van der Waals surface area contributed by atoms with Gasteiger partial charge in [-0.15, -0.1) is 5.10 Å². The average molecular weight is 247 g/mol. The van der Waals surface area contributed by atoms with E-state index >= 15 is 0 Å². The summed E-state index contributed by atoms with van der Waals surface area (Å²) in [6.45, 7) is 6.39. The van der Waals surface area contributed by atoms with Gasteiger partial charge < -0.3 is 5.32 Å². The van der Waals surface area contributed by atoms with Crippen molar-refractivity contribution in [2.24, 2.45) is 0 Å². The van der Waals surface area contributed by atoms with Crippen LogP contribution in [-0.2, 0) is 0 Å². The highest BCUT2D eigenvalue weighted by Crippen LogP contribution is 2.28. The van der Waals surface area contributed by atoms with Crippen LogP contribution in [0.5, 0.6) is 0 Å². The number of fused-ring (bicyclic) bond motifs is 1. The molecular weight excluding hydrogens is 226 g/mol.